The standard InChI is InChI=1S/C11H21N3O2/c1-3-16-9-4-7-14-8-5-12-11(14)13-6-10-15-2/h5,8H,3-4,6-7,9-10H2,1-2H3,(H,12,13). The number of methoxy groups -OCH3 is 1. The second kappa shape index (κ2) is 8.13. The summed E-state index contributed by atoms with van der Waals surface area (Å²) in [5.74, 6) is 0.897. The third kappa shape index (κ3) is 4.63. The molecule has 0 atom stereocenters. The van der Waals surface area contributed by atoms with E-state index in [0.29, 0.717) is 6.61 Å². The molecule has 16 heavy (non-hydrogen) atoms. The van der Waals surface area contributed by atoms with E-state index in [1.54, 1.807) is 13.3 Å². The number of aromatic nitrogens is 2. The van der Waals surface area contributed by atoms with Crippen molar-refractivity contribution < 1.29 is 9.47 Å². The minimum absolute atomic E-state index is 0.686. The Morgan fingerprint density at radius 2 is 2.31 bits per heavy atom. The van der Waals surface area contributed by atoms with E-state index in [1.165, 1.54) is 0 Å². The third-order valence-corrected chi connectivity index (χ3v) is 2.20. The first-order chi connectivity index (χ1) is 7.88. The van der Waals surface area contributed by atoms with Crippen LogP contribution in [-0.4, -0.2) is 43.0 Å². The molecule has 0 aliphatic rings. The quantitative estimate of drug-likeness (QED) is 0.647. The number of aryl methyl sites for hydroxylation is 1. The van der Waals surface area contributed by atoms with Gasteiger partial charge in [0.2, 0.25) is 5.95 Å². The van der Waals surface area contributed by atoms with Crippen LogP contribution in [0.2, 0.25) is 0 Å². The van der Waals surface area contributed by atoms with Gasteiger partial charge in [0.1, 0.15) is 0 Å². The first-order valence-electron chi connectivity index (χ1n) is 5.70. The molecule has 0 aliphatic heterocycles. The van der Waals surface area contributed by atoms with E-state index in [-0.39, 0.29) is 0 Å². The van der Waals surface area contributed by atoms with Crippen molar-refractivity contribution >= 4 is 5.95 Å². The topological polar surface area (TPSA) is 48.3 Å². The zero-order valence-electron chi connectivity index (χ0n) is 10.1. The molecule has 0 saturated carbocycles. The van der Waals surface area contributed by atoms with Gasteiger partial charge in [-0.05, 0) is 13.3 Å². The van der Waals surface area contributed by atoms with Crippen LogP contribution in [0.1, 0.15) is 13.3 Å². The van der Waals surface area contributed by atoms with Crippen molar-refractivity contribution in [1.82, 2.24) is 9.55 Å². The highest BCUT2D eigenvalue weighted by Crippen LogP contribution is 2.04. The molecule has 0 aromatic carbocycles. The number of hydrogen-bond acceptors (Lipinski definition) is 4. The molecule has 1 aromatic heterocycles. The second-order valence-electron chi connectivity index (χ2n) is 3.41. The van der Waals surface area contributed by atoms with E-state index in [4.69, 9.17) is 9.47 Å². The van der Waals surface area contributed by atoms with Crippen molar-refractivity contribution in [2.45, 2.75) is 19.9 Å². The Morgan fingerprint density at radius 3 is 3.06 bits per heavy atom. The van der Waals surface area contributed by atoms with Gasteiger partial charge in [0, 0.05) is 45.8 Å². The van der Waals surface area contributed by atoms with Gasteiger partial charge in [-0.15, -0.1) is 0 Å². The highest BCUT2D eigenvalue weighted by molar-refractivity contribution is 5.25. The highest BCUT2D eigenvalue weighted by atomic mass is 16.5. The van der Waals surface area contributed by atoms with Crippen LogP contribution in [0.5, 0.6) is 0 Å². The molecule has 0 aliphatic carbocycles. The van der Waals surface area contributed by atoms with Crippen LogP contribution in [0, 0.1) is 0 Å². The van der Waals surface area contributed by atoms with Crippen LogP contribution < -0.4 is 5.32 Å². The van der Waals surface area contributed by atoms with Gasteiger partial charge < -0.3 is 19.4 Å². The fourth-order valence-electron chi connectivity index (χ4n) is 1.40. The summed E-state index contributed by atoms with van der Waals surface area (Å²) in [6, 6.07) is 0. The molecule has 0 spiro atoms. The summed E-state index contributed by atoms with van der Waals surface area (Å²) >= 11 is 0. The Morgan fingerprint density at radius 1 is 1.44 bits per heavy atom. The Kier molecular flexibility index (Phi) is 6.60. The average molecular weight is 227 g/mol. The number of rotatable bonds is 9. The Bertz CT molecular complexity index is 276. The number of nitrogens with one attached hydrogen (secondary N) is 1. The van der Waals surface area contributed by atoms with E-state index in [2.05, 4.69) is 14.9 Å². The minimum atomic E-state index is 0.686. The van der Waals surface area contributed by atoms with Gasteiger partial charge in [0.05, 0.1) is 6.61 Å². The first kappa shape index (κ1) is 13.0. The number of hydrogen-bond donors (Lipinski definition) is 1. The lowest BCUT2D eigenvalue weighted by Crippen LogP contribution is -2.13. The molecule has 1 heterocycles. The van der Waals surface area contributed by atoms with Gasteiger partial charge in [-0.3, -0.25) is 0 Å². The molecule has 0 fully saturated rings. The van der Waals surface area contributed by atoms with E-state index in [1.807, 2.05) is 13.1 Å². The van der Waals surface area contributed by atoms with E-state index in [9.17, 15) is 0 Å². The molecule has 92 valence electrons. The van der Waals surface area contributed by atoms with Crippen molar-refractivity contribution in [3.63, 3.8) is 0 Å². The van der Waals surface area contributed by atoms with E-state index >= 15 is 0 Å². The molecule has 0 radical (unpaired) electrons. The summed E-state index contributed by atoms with van der Waals surface area (Å²) in [7, 11) is 1.69. The molecular weight excluding hydrogens is 206 g/mol. The second-order valence-corrected chi connectivity index (χ2v) is 3.41. The van der Waals surface area contributed by atoms with Crippen LogP contribution in [0.25, 0.3) is 0 Å². The van der Waals surface area contributed by atoms with Crippen LogP contribution >= 0.6 is 0 Å². The predicted octanol–water partition coefficient (Wildman–Crippen LogP) is 1.37. The molecular formula is C11H21N3O2. The summed E-state index contributed by atoms with van der Waals surface area (Å²) in [6.45, 7) is 5.98. The maximum atomic E-state index is 5.30. The molecule has 1 N–H and O–H groups in total. The number of ether oxygens (including phenoxy) is 2. The maximum absolute atomic E-state index is 5.30. The van der Waals surface area contributed by atoms with Gasteiger partial charge in [0.15, 0.2) is 0 Å². The minimum Gasteiger partial charge on any atom is -0.383 e. The Balaban J connectivity index is 2.26. The molecule has 0 amide bonds. The zero-order valence-corrected chi connectivity index (χ0v) is 10.1. The maximum Gasteiger partial charge on any atom is 0.202 e. The molecule has 1 rings (SSSR count). The SMILES string of the molecule is CCOCCCn1ccnc1NCCOC. The number of nitrogens with zero attached hydrogens (tertiary/aromatic N) is 2. The number of anilines is 1. The molecule has 5 nitrogen and oxygen atoms in total. The number of imidazole rings is 1. The molecule has 1 aromatic rings. The highest BCUT2D eigenvalue weighted by Gasteiger charge is 2.00. The first-order valence-corrected chi connectivity index (χ1v) is 5.70. The monoisotopic (exact) mass is 227 g/mol. The predicted molar refractivity (Wildman–Crippen MR) is 63.7 cm³/mol. The summed E-state index contributed by atoms with van der Waals surface area (Å²) in [6.07, 6.45) is 4.78. The summed E-state index contributed by atoms with van der Waals surface area (Å²) < 4.78 is 12.4. The van der Waals surface area contributed by atoms with Crippen molar-refractivity contribution in [3.05, 3.63) is 12.4 Å². The lowest BCUT2D eigenvalue weighted by Gasteiger charge is -2.09. The Labute approximate surface area is 96.8 Å². The average Bonchev–Trinajstić information content (AvgIpc) is 2.73. The molecule has 5 heteroatoms. The van der Waals surface area contributed by atoms with Crippen LogP contribution in [-0.2, 0) is 16.0 Å². The normalized spacial score (nSPS) is 10.6. The van der Waals surface area contributed by atoms with Crippen molar-refractivity contribution in [3.8, 4) is 0 Å². The zero-order chi connectivity index (χ0) is 11.6. The smallest absolute Gasteiger partial charge is 0.202 e. The van der Waals surface area contributed by atoms with Gasteiger partial charge >= 0.3 is 0 Å². The van der Waals surface area contributed by atoms with Gasteiger partial charge in [-0.25, -0.2) is 4.98 Å². The molecule has 0 bridgehead atoms. The van der Waals surface area contributed by atoms with Gasteiger partial charge in [-0.2, -0.15) is 0 Å². The summed E-state index contributed by atoms with van der Waals surface area (Å²) in [5.41, 5.74) is 0. The summed E-state index contributed by atoms with van der Waals surface area (Å²) in [5, 5.41) is 3.22. The van der Waals surface area contributed by atoms with Gasteiger partial charge in [-0.1, -0.05) is 0 Å². The third-order valence-electron chi connectivity index (χ3n) is 2.20. The largest absolute Gasteiger partial charge is 0.383 e. The van der Waals surface area contributed by atoms with Crippen LogP contribution in [0.4, 0.5) is 5.95 Å². The van der Waals surface area contributed by atoms with Crippen LogP contribution in [0.3, 0.4) is 0 Å². The van der Waals surface area contributed by atoms with Crippen molar-refractivity contribution in [2.75, 3.05) is 38.8 Å². The van der Waals surface area contributed by atoms with E-state index in [0.717, 1.165) is 38.7 Å². The lowest BCUT2D eigenvalue weighted by atomic mass is 10.4. The Hall–Kier alpha value is -1.07. The van der Waals surface area contributed by atoms with Crippen molar-refractivity contribution in [1.29, 1.82) is 0 Å². The van der Waals surface area contributed by atoms with Crippen LogP contribution in [0.15, 0.2) is 12.4 Å². The van der Waals surface area contributed by atoms with E-state index < -0.39 is 0 Å². The molecule has 0 saturated heterocycles. The molecule has 0 unspecified atom stereocenters. The fourth-order valence-corrected chi connectivity index (χ4v) is 1.40. The fraction of sp³-hybridized carbons (Fsp3) is 0.727. The van der Waals surface area contributed by atoms with Gasteiger partial charge in [0.25, 0.3) is 0 Å². The van der Waals surface area contributed by atoms with Crippen molar-refractivity contribution in [2.24, 2.45) is 0 Å². The lowest BCUT2D eigenvalue weighted by molar-refractivity contribution is 0.142. The summed E-state index contributed by atoms with van der Waals surface area (Å²) in [4.78, 5) is 4.24.